The first kappa shape index (κ1) is 10.9. The minimum atomic E-state index is 0.508. The Hall–Kier alpha value is -1.98. The molecule has 0 fully saturated rings. The molecule has 92 valence electrons. The predicted octanol–water partition coefficient (Wildman–Crippen LogP) is 3.66. The molecule has 0 aliphatic carbocycles. The average molecular weight is 287 g/mol. The van der Waals surface area contributed by atoms with E-state index in [1.165, 1.54) is 0 Å². The van der Waals surface area contributed by atoms with Crippen LogP contribution >= 0.6 is 22.9 Å². The Balaban J connectivity index is 2.00. The van der Waals surface area contributed by atoms with E-state index in [0.717, 1.165) is 27.0 Å². The summed E-state index contributed by atoms with van der Waals surface area (Å²) >= 11 is 7.64. The van der Waals surface area contributed by atoms with Crippen molar-refractivity contribution >= 4 is 38.8 Å². The monoisotopic (exact) mass is 286 g/mol. The lowest BCUT2D eigenvalue weighted by Crippen LogP contribution is -1.88. The van der Waals surface area contributed by atoms with Crippen molar-refractivity contribution in [1.29, 1.82) is 0 Å². The highest BCUT2D eigenvalue weighted by Crippen LogP contribution is 2.33. The van der Waals surface area contributed by atoms with E-state index in [4.69, 9.17) is 11.6 Å². The van der Waals surface area contributed by atoms with Crippen molar-refractivity contribution in [2.24, 2.45) is 0 Å². The van der Waals surface area contributed by atoms with Crippen molar-refractivity contribution in [1.82, 2.24) is 19.6 Å². The molecule has 0 spiro atoms. The van der Waals surface area contributed by atoms with Gasteiger partial charge < -0.3 is 0 Å². The zero-order valence-electron chi connectivity index (χ0n) is 9.62. The van der Waals surface area contributed by atoms with Gasteiger partial charge in [0.05, 0.1) is 10.2 Å². The maximum Gasteiger partial charge on any atom is 0.155 e. The number of hydrogen-bond acceptors (Lipinski definition) is 4. The van der Waals surface area contributed by atoms with Gasteiger partial charge in [0.15, 0.2) is 5.65 Å². The summed E-state index contributed by atoms with van der Waals surface area (Å²) in [5.41, 5.74) is 3.88. The number of halogens is 1. The fourth-order valence-corrected chi connectivity index (χ4v) is 3.12. The summed E-state index contributed by atoms with van der Waals surface area (Å²) < 4.78 is 2.88. The van der Waals surface area contributed by atoms with Crippen molar-refractivity contribution in [2.75, 3.05) is 0 Å². The molecule has 19 heavy (non-hydrogen) atoms. The fourth-order valence-electron chi connectivity index (χ4n) is 2.07. The first-order valence-corrected chi connectivity index (χ1v) is 6.90. The van der Waals surface area contributed by atoms with Gasteiger partial charge in [-0.2, -0.15) is 5.10 Å². The van der Waals surface area contributed by atoms with Crippen molar-refractivity contribution in [3.8, 4) is 11.1 Å². The number of aromatic nitrogens is 4. The Morgan fingerprint density at radius 1 is 1.16 bits per heavy atom. The summed E-state index contributed by atoms with van der Waals surface area (Å²) in [5.74, 6) is 0. The van der Waals surface area contributed by atoms with Gasteiger partial charge in [-0.25, -0.2) is 14.5 Å². The van der Waals surface area contributed by atoms with Crippen LogP contribution in [0.5, 0.6) is 0 Å². The predicted molar refractivity (Wildman–Crippen MR) is 76.6 cm³/mol. The Morgan fingerprint density at radius 3 is 3.05 bits per heavy atom. The molecule has 4 aromatic heterocycles. The van der Waals surface area contributed by atoms with Crippen LogP contribution in [-0.2, 0) is 0 Å². The Kier molecular flexibility index (Phi) is 2.30. The number of nitrogens with zero attached hydrogens (tertiary/aromatic N) is 4. The molecular weight excluding hydrogens is 280 g/mol. The molecular formula is C13H7ClN4S. The molecule has 4 aromatic rings. The SMILES string of the molecule is Clc1ccc2scc(-c3ccc4ncnn4c3)c2n1. The van der Waals surface area contributed by atoms with Crippen LogP contribution in [0, 0.1) is 0 Å². The summed E-state index contributed by atoms with van der Waals surface area (Å²) in [7, 11) is 0. The molecule has 0 aliphatic heterocycles. The molecule has 0 aromatic carbocycles. The van der Waals surface area contributed by atoms with E-state index in [9.17, 15) is 0 Å². The summed E-state index contributed by atoms with van der Waals surface area (Å²) in [6.07, 6.45) is 3.49. The van der Waals surface area contributed by atoms with Crippen molar-refractivity contribution < 1.29 is 0 Å². The lowest BCUT2D eigenvalue weighted by molar-refractivity contribution is 0.963. The molecule has 0 saturated carbocycles. The van der Waals surface area contributed by atoms with E-state index in [2.05, 4.69) is 20.4 Å². The molecule has 6 heteroatoms. The lowest BCUT2D eigenvalue weighted by Gasteiger charge is -2.00. The van der Waals surface area contributed by atoms with Crippen molar-refractivity contribution in [3.05, 3.63) is 47.3 Å². The largest absolute Gasteiger partial charge is 0.235 e. The average Bonchev–Trinajstić information content (AvgIpc) is 3.03. The van der Waals surface area contributed by atoms with Crippen LogP contribution in [0.1, 0.15) is 0 Å². The van der Waals surface area contributed by atoms with Crippen molar-refractivity contribution in [2.45, 2.75) is 0 Å². The third kappa shape index (κ3) is 1.70. The van der Waals surface area contributed by atoms with E-state index >= 15 is 0 Å². The zero-order valence-corrected chi connectivity index (χ0v) is 11.2. The van der Waals surface area contributed by atoms with Gasteiger partial charge in [0.1, 0.15) is 11.5 Å². The molecule has 4 heterocycles. The second kappa shape index (κ2) is 4.01. The van der Waals surface area contributed by atoms with E-state index < -0.39 is 0 Å². The normalized spacial score (nSPS) is 11.4. The summed E-state index contributed by atoms with van der Waals surface area (Å²) in [6.45, 7) is 0. The maximum atomic E-state index is 5.98. The van der Waals surface area contributed by atoms with E-state index in [1.807, 2.05) is 30.5 Å². The second-order valence-corrected chi connectivity index (χ2v) is 5.41. The molecule has 0 bridgehead atoms. The number of hydrogen-bond donors (Lipinski definition) is 0. The highest BCUT2D eigenvalue weighted by molar-refractivity contribution is 7.17. The van der Waals surface area contributed by atoms with E-state index in [1.54, 1.807) is 22.2 Å². The Labute approximate surface area is 117 Å². The Bertz CT molecular complexity index is 896. The number of thiophene rings is 1. The molecule has 0 N–H and O–H groups in total. The molecule has 0 amide bonds. The second-order valence-electron chi connectivity index (χ2n) is 4.11. The van der Waals surface area contributed by atoms with Gasteiger partial charge >= 0.3 is 0 Å². The lowest BCUT2D eigenvalue weighted by atomic mass is 10.1. The molecule has 0 unspecified atom stereocenters. The van der Waals surface area contributed by atoms with Gasteiger partial charge in [-0.1, -0.05) is 11.6 Å². The molecule has 0 saturated heterocycles. The van der Waals surface area contributed by atoms with Crippen LogP contribution in [0.15, 0.2) is 42.2 Å². The highest BCUT2D eigenvalue weighted by Gasteiger charge is 2.09. The maximum absolute atomic E-state index is 5.98. The molecule has 4 rings (SSSR count). The van der Waals surface area contributed by atoms with Gasteiger partial charge in [0.2, 0.25) is 0 Å². The molecule has 0 atom stereocenters. The fraction of sp³-hybridized carbons (Fsp3) is 0. The third-order valence-corrected chi connectivity index (χ3v) is 4.12. The number of rotatable bonds is 1. The van der Waals surface area contributed by atoms with E-state index in [0.29, 0.717) is 5.15 Å². The molecule has 4 nitrogen and oxygen atoms in total. The van der Waals surface area contributed by atoms with Crippen LogP contribution in [0.2, 0.25) is 5.15 Å². The summed E-state index contributed by atoms with van der Waals surface area (Å²) in [4.78, 5) is 8.55. The minimum absolute atomic E-state index is 0.508. The van der Waals surface area contributed by atoms with Crippen LogP contribution in [0.3, 0.4) is 0 Å². The van der Waals surface area contributed by atoms with Crippen LogP contribution in [0.4, 0.5) is 0 Å². The number of pyridine rings is 2. The minimum Gasteiger partial charge on any atom is -0.235 e. The quantitative estimate of drug-likeness (QED) is 0.502. The molecule has 0 radical (unpaired) electrons. The van der Waals surface area contributed by atoms with Gasteiger partial charge in [0.25, 0.3) is 0 Å². The van der Waals surface area contributed by atoms with Gasteiger partial charge in [-0.3, -0.25) is 0 Å². The van der Waals surface area contributed by atoms with Crippen LogP contribution < -0.4 is 0 Å². The van der Waals surface area contributed by atoms with Gasteiger partial charge in [-0.15, -0.1) is 11.3 Å². The zero-order chi connectivity index (χ0) is 12.8. The van der Waals surface area contributed by atoms with Gasteiger partial charge in [-0.05, 0) is 24.3 Å². The Morgan fingerprint density at radius 2 is 2.11 bits per heavy atom. The summed E-state index contributed by atoms with van der Waals surface area (Å²) in [6, 6.07) is 7.77. The first-order chi connectivity index (χ1) is 9.31. The van der Waals surface area contributed by atoms with Crippen LogP contribution in [-0.4, -0.2) is 19.6 Å². The highest BCUT2D eigenvalue weighted by atomic mass is 35.5. The topological polar surface area (TPSA) is 43.1 Å². The molecule has 0 aliphatic rings. The van der Waals surface area contributed by atoms with Crippen molar-refractivity contribution in [3.63, 3.8) is 0 Å². The first-order valence-electron chi connectivity index (χ1n) is 5.65. The smallest absolute Gasteiger partial charge is 0.155 e. The van der Waals surface area contributed by atoms with Gasteiger partial charge in [0, 0.05) is 22.7 Å². The number of fused-ring (bicyclic) bond motifs is 2. The standard InChI is InChI=1S/C13H7ClN4S/c14-11-3-2-10-13(17-11)9(6-19-10)8-1-4-12-15-7-16-18(12)5-8/h1-7H. The third-order valence-electron chi connectivity index (χ3n) is 2.97. The summed E-state index contributed by atoms with van der Waals surface area (Å²) in [5, 5.41) is 6.75. The van der Waals surface area contributed by atoms with Crippen LogP contribution in [0.25, 0.3) is 27.0 Å². The van der Waals surface area contributed by atoms with E-state index in [-0.39, 0.29) is 0 Å².